The fourth-order valence-corrected chi connectivity index (χ4v) is 4.41. The number of hydrogen-bond donors (Lipinski definition) is 2. The molecule has 0 aliphatic carbocycles. The minimum Gasteiger partial charge on any atom is -0.480 e. The van der Waals surface area contributed by atoms with E-state index in [1.807, 2.05) is 30.3 Å². The molecule has 2 unspecified atom stereocenters. The van der Waals surface area contributed by atoms with Gasteiger partial charge in [0.25, 0.3) is 0 Å². The van der Waals surface area contributed by atoms with Crippen LogP contribution < -0.4 is 5.32 Å². The highest BCUT2D eigenvalue weighted by Gasteiger charge is 2.45. The third-order valence-corrected chi connectivity index (χ3v) is 6.10. The topological polar surface area (TPSA) is 114 Å². The Morgan fingerprint density at radius 3 is 2.55 bits per heavy atom. The van der Waals surface area contributed by atoms with E-state index in [2.05, 4.69) is 5.32 Å². The van der Waals surface area contributed by atoms with Gasteiger partial charge in [0.1, 0.15) is 12.1 Å². The van der Waals surface area contributed by atoms with Crippen LogP contribution in [0.25, 0.3) is 0 Å². The number of nitrogens with one attached hydrogen (secondary N) is 1. The maximum absolute atomic E-state index is 13.2. The Bertz CT molecular complexity index is 797. The third kappa shape index (κ3) is 6.75. The average molecular weight is 463 g/mol. The van der Waals surface area contributed by atoms with Gasteiger partial charge in [0.05, 0.1) is 25.9 Å². The molecule has 0 radical (unpaired) electrons. The maximum Gasteiger partial charge on any atom is 0.326 e. The van der Waals surface area contributed by atoms with Gasteiger partial charge in [-0.3, -0.25) is 14.9 Å². The van der Waals surface area contributed by atoms with Crippen molar-refractivity contribution in [2.45, 2.75) is 63.9 Å². The molecule has 0 aromatic heterocycles. The van der Waals surface area contributed by atoms with E-state index in [1.165, 1.54) is 4.90 Å². The van der Waals surface area contributed by atoms with Gasteiger partial charge < -0.3 is 24.2 Å². The number of carboxylic acids is 1. The number of aryl methyl sites for hydroxylation is 1. The molecule has 4 atom stereocenters. The molecule has 2 heterocycles. The van der Waals surface area contributed by atoms with Crippen molar-refractivity contribution in [2.24, 2.45) is 5.92 Å². The molecule has 0 saturated carbocycles. The zero-order valence-corrected chi connectivity index (χ0v) is 19.3. The molecule has 2 aliphatic heterocycles. The number of benzene rings is 1. The molecule has 2 fully saturated rings. The van der Waals surface area contributed by atoms with Gasteiger partial charge >= 0.3 is 11.9 Å². The van der Waals surface area contributed by atoms with Crippen LogP contribution in [-0.2, 0) is 35.0 Å². The van der Waals surface area contributed by atoms with Gasteiger partial charge in [-0.2, -0.15) is 0 Å². The summed E-state index contributed by atoms with van der Waals surface area (Å²) >= 11 is 0. The van der Waals surface area contributed by atoms with Crippen LogP contribution in [0.2, 0.25) is 0 Å². The summed E-state index contributed by atoms with van der Waals surface area (Å²) in [5.41, 5.74) is 1.08. The second-order valence-corrected chi connectivity index (χ2v) is 8.52. The van der Waals surface area contributed by atoms with Gasteiger partial charge in [0, 0.05) is 12.5 Å². The number of hydrogen-bond acceptors (Lipinski definition) is 7. The summed E-state index contributed by atoms with van der Waals surface area (Å²) in [6.07, 6.45) is 1.66. The van der Waals surface area contributed by atoms with Crippen LogP contribution >= 0.6 is 0 Å². The molecule has 9 nitrogen and oxygen atoms in total. The Morgan fingerprint density at radius 1 is 1.21 bits per heavy atom. The molecule has 2 aliphatic rings. The number of likely N-dealkylation sites (tertiary alicyclic amines) is 1. The van der Waals surface area contributed by atoms with Crippen molar-refractivity contribution < 1.29 is 33.7 Å². The van der Waals surface area contributed by atoms with Crippen LogP contribution in [0.15, 0.2) is 30.3 Å². The lowest BCUT2D eigenvalue weighted by molar-refractivity contribution is -0.202. The molecule has 33 heavy (non-hydrogen) atoms. The van der Waals surface area contributed by atoms with Gasteiger partial charge in [-0.25, -0.2) is 4.79 Å². The number of nitrogens with zero attached hydrogens (tertiary/aromatic N) is 1. The monoisotopic (exact) mass is 462 g/mol. The van der Waals surface area contributed by atoms with Crippen molar-refractivity contribution in [2.75, 3.05) is 26.4 Å². The molecule has 9 heteroatoms. The Hall–Kier alpha value is -2.49. The fourth-order valence-electron chi connectivity index (χ4n) is 4.41. The van der Waals surface area contributed by atoms with Gasteiger partial charge in [0.2, 0.25) is 5.91 Å². The zero-order chi connectivity index (χ0) is 23.8. The van der Waals surface area contributed by atoms with E-state index in [1.54, 1.807) is 13.8 Å². The first-order chi connectivity index (χ1) is 15.9. The lowest BCUT2D eigenvalue weighted by atomic mass is 10.0. The zero-order valence-electron chi connectivity index (χ0n) is 19.3. The smallest absolute Gasteiger partial charge is 0.326 e. The first-order valence-corrected chi connectivity index (χ1v) is 11.6. The Balaban J connectivity index is 1.65. The van der Waals surface area contributed by atoms with Gasteiger partial charge in [-0.05, 0) is 45.1 Å². The predicted octanol–water partition coefficient (Wildman–Crippen LogP) is 1.59. The van der Waals surface area contributed by atoms with Gasteiger partial charge in [0.15, 0.2) is 6.29 Å². The first-order valence-electron chi connectivity index (χ1n) is 11.6. The lowest BCUT2D eigenvalue weighted by Crippen LogP contribution is -2.53. The number of carbonyl (C=O) groups excluding carboxylic acids is 2. The Morgan fingerprint density at radius 2 is 1.91 bits per heavy atom. The number of amides is 1. The molecule has 1 aromatic rings. The second kappa shape index (κ2) is 12.1. The third-order valence-electron chi connectivity index (χ3n) is 6.10. The molecule has 0 bridgehead atoms. The van der Waals surface area contributed by atoms with Crippen molar-refractivity contribution in [3.63, 3.8) is 0 Å². The van der Waals surface area contributed by atoms with Gasteiger partial charge in [-0.1, -0.05) is 30.3 Å². The van der Waals surface area contributed by atoms with E-state index in [-0.39, 0.29) is 31.4 Å². The van der Waals surface area contributed by atoms with Crippen molar-refractivity contribution in [1.29, 1.82) is 0 Å². The van der Waals surface area contributed by atoms with Crippen LogP contribution in [0, 0.1) is 5.92 Å². The van der Waals surface area contributed by atoms with Crippen LogP contribution in [0.3, 0.4) is 0 Å². The van der Waals surface area contributed by atoms with E-state index in [0.29, 0.717) is 26.1 Å². The molecule has 2 N–H and O–H groups in total. The van der Waals surface area contributed by atoms with E-state index < -0.39 is 36.4 Å². The van der Waals surface area contributed by atoms with E-state index >= 15 is 0 Å². The molecule has 0 spiro atoms. The van der Waals surface area contributed by atoms with Crippen molar-refractivity contribution in [1.82, 2.24) is 10.2 Å². The largest absolute Gasteiger partial charge is 0.480 e. The van der Waals surface area contributed by atoms with Crippen LogP contribution in [-0.4, -0.2) is 78.6 Å². The Kier molecular flexibility index (Phi) is 9.22. The summed E-state index contributed by atoms with van der Waals surface area (Å²) in [6, 6.07) is 7.36. The molecule has 1 amide bonds. The van der Waals surface area contributed by atoms with E-state index in [4.69, 9.17) is 14.2 Å². The summed E-state index contributed by atoms with van der Waals surface area (Å²) in [7, 11) is 0. The Labute approximate surface area is 194 Å². The quantitative estimate of drug-likeness (QED) is 0.504. The van der Waals surface area contributed by atoms with Crippen LogP contribution in [0.5, 0.6) is 0 Å². The van der Waals surface area contributed by atoms with Crippen molar-refractivity contribution >= 4 is 17.8 Å². The summed E-state index contributed by atoms with van der Waals surface area (Å²) in [5, 5.41) is 12.8. The number of rotatable bonds is 10. The molecule has 1 aromatic carbocycles. The molecule has 182 valence electrons. The fraction of sp³-hybridized carbons (Fsp3) is 0.625. The number of carbonyl (C=O) groups is 3. The molecular formula is C24H34N2O7. The number of ether oxygens (including phenoxy) is 3. The van der Waals surface area contributed by atoms with Crippen LogP contribution in [0.1, 0.15) is 38.7 Å². The second-order valence-electron chi connectivity index (χ2n) is 8.52. The normalized spacial score (nSPS) is 23.2. The highest BCUT2D eigenvalue weighted by Crippen LogP contribution is 2.30. The summed E-state index contributed by atoms with van der Waals surface area (Å²) in [4.78, 5) is 39.0. The minimum atomic E-state index is -1.06. The number of carboxylic acid groups (broad SMARTS) is 1. The van der Waals surface area contributed by atoms with E-state index in [9.17, 15) is 19.5 Å². The standard InChI is InChI=1S/C24H34N2O7/c1-3-31-23(30)19(11-10-17-8-5-4-6-9-17)25-16(2)21(27)26-15-18(14-20(26)22(28)29)24-32-12-7-13-33-24/h4-6,8-9,16,18-20,24-25H,3,7,10-15H2,1-2H3,(H,28,29)/t16-,18?,19?,20-/m0/s1. The van der Waals surface area contributed by atoms with Crippen LogP contribution in [0.4, 0.5) is 0 Å². The summed E-state index contributed by atoms with van der Waals surface area (Å²) < 4.78 is 16.5. The molecule has 3 rings (SSSR count). The van der Waals surface area contributed by atoms with Gasteiger partial charge in [-0.15, -0.1) is 0 Å². The molecular weight excluding hydrogens is 428 g/mol. The highest BCUT2D eigenvalue weighted by molar-refractivity contribution is 5.88. The lowest BCUT2D eigenvalue weighted by Gasteiger charge is -2.29. The highest BCUT2D eigenvalue weighted by atomic mass is 16.7. The first kappa shape index (κ1) is 25.1. The molecule has 2 saturated heterocycles. The number of esters is 1. The minimum absolute atomic E-state index is 0.207. The average Bonchev–Trinajstić information content (AvgIpc) is 3.28. The summed E-state index contributed by atoms with van der Waals surface area (Å²) in [5.74, 6) is -2.05. The predicted molar refractivity (Wildman–Crippen MR) is 119 cm³/mol. The maximum atomic E-state index is 13.2. The van der Waals surface area contributed by atoms with Crippen molar-refractivity contribution in [3.05, 3.63) is 35.9 Å². The number of aliphatic carboxylic acids is 1. The SMILES string of the molecule is CCOC(=O)C(CCc1ccccc1)N[C@@H](C)C(=O)N1CC(C2OCCCO2)C[C@H]1C(=O)O. The van der Waals surface area contributed by atoms with E-state index in [0.717, 1.165) is 12.0 Å². The summed E-state index contributed by atoms with van der Waals surface area (Å²) in [6.45, 7) is 4.98. The van der Waals surface area contributed by atoms with Crippen molar-refractivity contribution in [3.8, 4) is 0 Å².